The standard InChI is InChI=1S/C12H18N2OS2/c1-7-8(13)6-11(17-7)12(15)14-9-4-3-5-10(9)16-2/h6,9-10H,3-5,13H2,1-2H3,(H,14,15). The van der Waals surface area contributed by atoms with E-state index in [1.54, 1.807) is 6.07 Å². The minimum atomic E-state index is 0.0285. The van der Waals surface area contributed by atoms with Crippen LogP contribution in [0.25, 0.3) is 0 Å². The Kier molecular flexibility index (Phi) is 3.99. The molecule has 17 heavy (non-hydrogen) atoms. The second kappa shape index (κ2) is 5.31. The van der Waals surface area contributed by atoms with Crippen LogP contribution in [-0.2, 0) is 0 Å². The molecule has 2 rings (SSSR count). The number of nitrogens with one attached hydrogen (secondary N) is 1. The minimum absolute atomic E-state index is 0.0285. The van der Waals surface area contributed by atoms with Crippen LogP contribution in [-0.4, -0.2) is 23.5 Å². The van der Waals surface area contributed by atoms with Crippen molar-refractivity contribution in [2.75, 3.05) is 12.0 Å². The van der Waals surface area contributed by atoms with Gasteiger partial charge in [-0.15, -0.1) is 11.3 Å². The summed E-state index contributed by atoms with van der Waals surface area (Å²) in [5, 5.41) is 3.70. The summed E-state index contributed by atoms with van der Waals surface area (Å²) in [5.74, 6) is 0.0285. The first-order valence-corrected chi connectivity index (χ1v) is 7.92. The molecule has 1 aliphatic carbocycles. The number of carbonyl (C=O) groups excluding carboxylic acids is 1. The lowest BCUT2D eigenvalue weighted by Gasteiger charge is -2.18. The minimum Gasteiger partial charge on any atom is -0.398 e. The molecule has 1 aliphatic rings. The third-order valence-corrected chi connectivity index (χ3v) is 5.49. The summed E-state index contributed by atoms with van der Waals surface area (Å²) in [6.45, 7) is 1.94. The molecule has 1 heterocycles. The summed E-state index contributed by atoms with van der Waals surface area (Å²) in [7, 11) is 0. The third-order valence-electron chi connectivity index (χ3n) is 3.25. The number of rotatable bonds is 3. The van der Waals surface area contributed by atoms with Crippen molar-refractivity contribution in [3.05, 3.63) is 15.8 Å². The molecule has 0 saturated heterocycles. The smallest absolute Gasteiger partial charge is 0.261 e. The quantitative estimate of drug-likeness (QED) is 0.888. The number of hydrogen-bond donors (Lipinski definition) is 2. The fourth-order valence-corrected chi connectivity index (χ4v) is 4.00. The van der Waals surface area contributed by atoms with Crippen molar-refractivity contribution in [2.24, 2.45) is 0 Å². The van der Waals surface area contributed by atoms with Crippen molar-refractivity contribution in [3.63, 3.8) is 0 Å². The van der Waals surface area contributed by atoms with Crippen LogP contribution in [0.3, 0.4) is 0 Å². The lowest BCUT2D eigenvalue weighted by Crippen LogP contribution is -2.38. The van der Waals surface area contributed by atoms with Gasteiger partial charge in [-0.05, 0) is 32.1 Å². The summed E-state index contributed by atoms with van der Waals surface area (Å²) in [4.78, 5) is 13.8. The van der Waals surface area contributed by atoms with E-state index in [2.05, 4.69) is 11.6 Å². The van der Waals surface area contributed by atoms with E-state index in [4.69, 9.17) is 5.73 Å². The highest BCUT2D eigenvalue weighted by molar-refractivity contribution is 7.99. The molecule has 1 fully saturated rings. The molecule has 0 spiro atoms. The van der Waals surface area contributed by atoms with Crippen molar-refractivity contribution >= 4 is 34.7 Å². The monoisotopic (exact) mass is 270 g/mol. The Labute approximate surface area is 110 Å². The highest BCUT2D eigenvalue weighted by Gasteiger charge is 2.28. The van der Waals surface area contributed by atoms with Crippen molar-refractivity contribution in [1.29, 1.82) is 0 Å². The molecule has 94 valence electrons. The highest BCUT2D eigenvalue weighted by Crippen LogP contribution is 2.29. The Morgan fingerprint density at radius 2 is 2.35 bits per heavy atom. The lowest BCUT2D eigenvalue weighted by atomic mass is 10.2. The summed E-state index contributed by atoms with van der Waals surface area (Å²) >= 11 is 3.32. The molecule has 1 aromatic heterocycles. The van der Waals surface area contributed by atoms with Gasteiger partial charge in [-0.1, -0.05) is 6.42 Å². The van der Waals surface area contributed by atoms with Crippen molar-refractivity contribution in [3.8, 4) is 0 Å². The Morgan fingerprint density at radius 1 is 1.59 bits per heavy atom. The second-order valence-electron chi connectivity index (χ2n) is 4.41. The van der Waals surface area contributed by atoms with E-state index >= 15 is 0 Å². The van der Waals surface area contributed by atoms with Gasteiger partial charge in [0.25, 0.3) is 5.91 Å². The fraction of sp³-hybridized carbons (Fsp3) is 0.583. The zero-order chi connectivity index (χ0) is 12.4. The number of nitrogens with two attached hydrogens (primary N) is 1. The molecule has 0 aliphatic heterocycles. The predicted molar refractivity (Wildman–Crippen MR) is 75.9 cm³/mol. The SMILES string of the molecule is CSC1CCCC1NC(=O)c1cc(N)c(C)s1. The number of nitrogen functional groups attached to an aromatic ring is 1. The first-order valence-electron chi connectivity index (χ1n) is 5.81. The zero-order valence-corrected chi connectivity index (χ0v) is 11.8. The molecule has 2 atom stereocenters. The maximum atomic E-state index is 12.1. The van der Waals surface area contributed by atoms with Gasteiger partial charge in [-0.3, -0.25) is 4.79 Å². The van der Waals surface area contributed by atoms with E-state index in [1.165, 1.54) is 24.2 Å². The van der Waals surface area contributed by atoms with Gasteiger partial charge in [-0.25, -0.2) is 0 Å². The summed E-state index contributed by atoms with van der Waals surface area (Å²) in [5.41, 5.74) is 6.48. The van der Waals surface area contributed by atoms with Crippen LogP contribution < -0.4 is 11.1 Å². The van der Waals surface area contributed by atoms with Crippen LogP contribution in [0.15, 0.2) is 6.07 Å². The molecular weight excluding hydrogens is 252 g/mol. The number of thioether (sulfide) groups is 1. The summed E-state index contributed by atoms with van der Waals surface area (Å²) in [6.07, 6.45) is 5.62. The topological polar surface area (TPSA) is 55.1 Å². The van der Waals surface area contributed by atoms with Crippen LogP contribution in [0.5, 0.6) is 0 Å². The molecule has 0 radical (unpaired) electrons. The molecule has 1 aromatic rings. The number of carbonyl (C=O) groups is 1. The number of anilines is 1. The maximum Gasteiger partial charge on any atom is 0.261 e. The lowest BCUT2D eigenvalue weighted by molar-refractivity contribution is 0.0943. The van der Waals surface area contributed by atoms with E-state index in [-0.39, 0.29) is 5.91 Å². The maximum absolute atomic E-state index is 12.1. The number of amides is 1. The van der Waals surface area contributed by atoms with Gasteiger partial charge < -0.3 is 11.1 Å². The van der Waals surface area contributed by atoms with Gasteiger partial charge in [0.15, 0.2) is 0 Å². The normalized spacial score (nSPS) is 23.9. The summed E-state index contributed by atoms with van der Waals surface area (Å²) < 4.78 is 0. The van der Waals surface area contributed by atoms with Crippen LogP contribution in [0, 0.1) is 6.92 Å². The van der Waals surface area contributed by atoms with E-state index in [0.29, 0.717) is 17.0 Å². The highest BCUT2D eigenvalue weighted by atomic mass is 32.2. The number of aryl methyl sites for hydroxylation is 1. The molecule has 5 heteroatoms. The van der Waals surface area contributed by atoms with Crippen LogP contribution >= 0.6 is 23.1 Å². The van der Waals surface area contributed by atoms with Gasteiger partial charge in [0.1, 0.15) is 0 Å². The van der Waals surface area contributed by atoms with Crippen molar-refractivity contribution < 1.29 is 4.79 Å². The molecule has 0 aromatic carbocycles. The van der Waals surface area contributed by atoms with E-state index in [0.717, 1.165) is 16.2 Å². The Hall–Kier alpha value is -0.680. The van der Waals surface area contributed by atoms with Gasteiger partial charge >= 0.3 is 0 Å². The molecule has 1 amide bonds. The zero-order valence-electron chi connectivity index (χ0n) is 10.2. The van der Waals surface area contributed by atoms with Crippen LogP contribution in [0.4, 0.5) is 5.69 Å². The van der Waals surface area contributed by atoms with Gasteiger partial charge in [0.2, 0.25) is 0 Å². The molecule has 2 unspecified atom stereocenters. The van der Waals surface area contributed by atoms with Crippen molar-refractivity contribution in [2.45, 2.75) is 37.5 Å². The van der Waals surface area contributed by atoms with Crippen LogP contribution in [0.2, 0.25) is 0 Å². The molecule has 3 nitrogen and oxygen atoms in total. The molecular formula is C12H18N2OS2. The number of hydrogen-bond acceptors (Lipinski definition) is 4. The number of thiophene rings is 1. The second-order valence-corrected chi connectivity index (χ2v) is 6.74. The Bertz CT molecular complexity index is 397. The molecule has 0 bridgehead atoms. The van der Waals surface area contributed by atoms with E-state index in [1.807, 2.05) is 18.7 Å². The van der Waals surface area contributed by atoms with Crippen molar-refractivity contribution in [1.82, 2.24) is 5.32 Å². The summed E-state index contributed by atoms with van der Waals surface area (Å²) in [6, 6.07) is 2.10. The van der Waals surface area contributed by atoms with Gasteiger partial charge in [0, 0.05) is 21.9 Å². The molecule has 1 saturated carbocycles. The first-order chi connectivity index (χ1) is 8.11. The Morgan fingerprint density at radius 3 is 2.94 bits per heavy atom. The van der Waals surface area contributed by atoms with E-state index in [9.17, 15) is 4.79 Å². The van der Waals surface area contributed by atoms with E-state index < -0.39 is 0 Å². The third kappa shape index (κ3) is 2.77. The molecule has 3 N–H and O–H groups in total. The van der Waals surface area contributed by atoms with Gasteiger partial charge in [0.05, 0.1) is 4.88 Å². The fourth-order valence-electron chi connectivity index (χ4n) is 2.22. The average molecular weight is 270 g/mol. The predicted octanol–water partition coefficient (Wildman–Crippen LogP) is 2.65. The van der Waals surface area contributed by atoms with Crippen LogP contribution in [0.1, 0.15) is 33.8 Å². The van der Waals surface area contributed by atoms with Gasteiger partial charge in [-0.2, -0.15) is 11.8 Å². The largest absolute Gasteiger partial charge is 0.398 e. The average Bonchev–Trinajstić information content (AvgIpc) is 2.86. The first kappa shape index (κ1) is 12.8. The Balaban J connectivity index is 2.01.